The molecule has 0 aliphatic carbocycles. The lowest BCUT2D eigenvalue weighted by molar-refractivity contribution is -0.142. The molecule has 0 aliphatic heterocycles. The molecule has 2 amide bonds. The number of unbranched alkanes of at least 4 members (excludes halogenated alkanes) is 1. The van der Waals surface area contributed by atoms with Crippen molar-refractivity contribution in [2.24, 2.45) is 5.92 Å². The lowest BCUT2D eigenvalue weighted by Crippen LogP contribution is -2.54. The minimum Gasteiger partial charge on any atom is -0.481 e. The molecule has 0 saturated carbocycles. The molecular formula is C19H36N2O4. The molecule has 0 saturated heterocycles. The van der Waals surface area contributed by atoms with E-state index in [2.05, 4.69) is 12.2 Å². The summed E-state index contributed by atoms with van der Waals surface area (Å²) in [5, 5.41) is 11.8. The van der Waals surface area contributed by atoms with E-state index in [0.717, 1.165) is 19.3 Å². The van der Waals surface area contributed by atoms with E-state index in [0.29, 0.717) is 6.42 Å². The molecule has 0 aromatic carbocycles. The van der Waals surface area contributed by atoms with Gasteiger partial charge in [-0.3, -0.25) is 14.4 Å². The summed E-state index contributed by atoms with van der Waals surface area (Å²) in [4.78, 5) is 38.1. The fourth-order valence-corrected chi connectivity index (χ4v) is 3.07. The first kappa shape index (κ1) is 23.4. The quantitative estimate of drug-likeness (QED) is 0.562. The lowest BCUT2D eigenvalue weighted by Gasteiger charge is -2.34. The Morgan fingerprint density at radius 2 is 1.56 bits per heavy atom. The highest BCUT2D eigenvalue weighted by molar-refractivity contribution is 5.89. The Bertz CT molecular complexity index is 427. The first-order valence-corrected chi connectivity index (χ1v) is 9.49. The molecule has 0 fully saturated rings. The molecule has 6 nitrogen and oxygen atoms in total. The maximum Gasteiger partial charge on any atom is 0.303 e. The normalized spacial score (nSPS) is 13.6. The van der Waals surface area contributed by atoms with Crippen molar-refractivity contribution in [3.63, 3.8) is 0 Å². The summed E-state index contributed by atoms with van der Waals surface area (Å²) in [6.45, 7) is 11.7. The molecule has 0 heterocycles. The minimum atomic E-state index is -0.967. The topological polar surface area (TPSA) is 86.7 Å². The zero-order chi connectivity index (χ0) is 19.6. The Morgan fingerprint density at radius 3 is 1.96 bits per heavy atom. The molecule has 1 unspecified atom stereocenters. The van der Waals surface area contributed by atoms with Crippen LogP contribution in [0.2, 0.25) is 0 Å². The van der Waals surface area contributed by atoms with E-state index in [1.807, 2.05) is 34.6 Å². The number of carbonyl (C=O) groups is 3. The minimum absolute atomic E-state index is 0.0150. The number of carboxylic acids is 1. The van der Waals surface area contributed by atoms with E-state index in [9.17, 15) is 14.4 Å². The van der Waals surface area contributed by atoms with Gasteiger partial charge in [-0.1, -0.05) is 26.7 Å². The lowest BCUT2D eigenvalue weighted by atomic mass is 9.97. The van der Waals surface area contributed by atoms with Crippen LogP contribution in [-0.4, -0.2) is 45.9 Å². The zero-order valence-electron chi connectivity index (χ0n) is 16.7. The van der Waals surface area contributed by atoms with E-state index in [4.69, 9.17) is 5.11 Å². The monoisotopic (exact) mass is 356 g/mol. The number of hydrogen-bond donors (Lipinski definition) is 2. The average Bonchev–Trinajstić information content (AvgIpc) is 2.50. The number of amides is 2. The molecule has 0 spiro atoms. The average molecular weight is 357 g/mol. The number of rotatable bonds is 12. The van der Waals surface area contributed by atoms with Crippen LogP contribution < -0.4 is 5.32 Å². The predicted octanol–water partition coefficient (Wildman–Crippen LogP) is 3.20. The van der Waals surface area contributed by atoms with Crippen molar-refractivity contribution in [1.82, 2.24) is 10.2 Å². The SMILES string of the molecule is CCCCC(CC)C(=O)N[C@@H](CCC(=O)O)C(=O)N(C(C)C)C(C)C. The Balaban J connectivity index is 5.23. The fraction of sp³-hybridized carbons (Fsp3) is 0.842. The van der Waals surface area contributed by atoms with E-state index in [-0.39, 0.29) is 42.7 Å². The van der Waals surface area contributed by atoms with Gasteiger partial charge in [-0.25, -0.2) is 0 Å². The molecule has 0 aromatic heterocycles. The second-order valence-electron chi connectivity index (χ2n) is 7.17. The van der Waals surface area contributed by atoms with Crippen molar-refractivity contribution in [3.8, 4) is 0 Å². The second-order valence-corrected chi connectivity index (χ2v) is 7.17. The number of hydrogen-bond acceptors (Lipinski definition) is 3. The van der Waals surface area contributed by atoms with Crippen LogP contribution in [0.5, 0.6) is 0 Å². The molecule has 2 atom stereocenters. The van der Waals surface area contributed by atoms with Crippen molar-refractivity contribution in [2.75, 3.05) is 0 Å². The van der Waals surface area contributed by atoms with E-state index in [1.165, 1.54) is 0 Å². The maximum atomic E-state index is 12.9. The van der Waals surface area contributed by atoms with Crippen LogP contribution in [0.15, 0.2) is 0 Å². The number of carboxylic acid groups (broad SMARTS) is 1. The third-order valence-corrected chi connectivity index (χ3v) is 4.40. The highest BCUT2D eigenvalue weighted by atomic mass is 16.4. The van der Waals surface area contributed by atoms with Crippen LogP contribution in [-0.2, 0) is 14.4 Å². The van der Waals surface area contributed by atoms with Crippen molar-refractivity contribution in [1.29, 1.82) is 0 Å². The summed E-state index contributed by atoms with van der Waals surface area (Å²) in [6.07, 6.45) is 3.44. The van der Waals surface area contributed by atoms with Crippen LogP contribution in [0.4, 0.5) is 0 Å². The molecule has 0 aromatic rings. The van der Waals surface area contributed by atoms with Crippen molar-refractivity contribution in [2.45, 2.75) is 98.2 Å². The Labute approximate surface area is 152 Å². The Kier molecular flexibility index (Phi) is 11.1. The molecule has 6 heteroatoms. The van der Waals surface area contributed by atoms with Gasteiger partial charge >= 0.3 is 5.97 Å². The number of carbonyl (C=O) groups excluding carboxylic acids is 2. The predicted molar refractivity (Wildman–Crippen MR) is 99.2 cm³/mol. The molecular weight excluding hydrogens is 320 g/mol. The summed E-state index contributed by atoms with van der Waals surface area (Å²) >= 11 is 0. The van der Waals surface area contributed by atoms with Crippen LogP contribution in [0, 0.1) is 5.92 Å². The van der Waals surface area contributed by atoms with Gasteiger partial charge in [-0.15, -0.1) is 0 Å². The number of nitrogens with one attached hydrogen (secondary N) is 1. The molecule has 0 rings (SSSR count). The second kappa shape index (κ2) is 11.9. The summed E-state index contributed by atoms with van der Waals surface area (Å²) in [5.41, 5.74) is 0. The highest BCUT2D eigenvalue weighted by Gasteiger charge is 2.31. The van der Waals surface area contributed by atoms with E-state index in [1.54, 1.807) is 4.90 Å². The van der Waals surface area contributed by atoms with Crippen LogP contribution in [0.3, 0.4) is 0 Å². The largest absolute Gasteiger partial charge is 0.481 e. The smallest absolute Gasteiger partial charge is 0.303 e. The Morgan fingerprint density at radius 1 is 1.00 bits per heavy atom. The Hall–Kier alpha value is -1.59. The highest BCUT2D eigenvalue weighted by Crippen LogP contribution is 2.15. The summed E-state index contributed by atoms with van der Waals surface area (Å²) in [7, 11) is 0. The summed E-state index contributed by atoms with van der Waals surface area (Å²) in [5.74, 6) is -1.45. The molecule has 0 radical (unpaired) electrons. The van der Waals surface area contributed by atoms with Gasteiger partial charge in [0, 0.05) is 24.4 Å². The first-order valence-electron chi connectivity index (χ1n) is 9.49. The summed E-state index contributed by atoms with van der Waals surface area (Å²) in [6, 6.07) is -0.818. The standard InChI is InChI=1S/C19H36N2O4/c1-7-9-10-15(8-2)18(24)20-16(11-12-17(22)23)19(25)21(13(3)4)14(5)6/h13-16H,7-12H2,1-6H3,(H,20,24)(H,22,23)/t15?,16-/m0/s1. The molecule has 0 aliphatic rings. The van der Waals surface area contributed by atoms with Gasteiger partial charge in [0.05, 0.1) is 0 Å². The fourth-order valence-electron chi connectivity index (χ4n) is 3.07. The molecule has 0 bridgehead atoms. The van der Waals surface area contributed by atoms with Gasteiger partial charge in [0.25, 0.3) is 0 Å². The maximum absolute atomic E-state index is 12.9. The van der Waals surface area contributed by atoms with Gasteiger partial charge in [0.2, 0.25) is 11.8 Å². The van der Waals surface area contributed by atoms with E-state index >= 15 is 0 Å². The van der Waals surface area contributed by atoms with Crippen molar-refractivity contribution >= 4 is 17.8 Å². The van der Waals surface area contributed by atoms with E-state index < -0.39 is 12.0 Å². The van der Waals surface area contributed by atoms with Gasteiger partial charge < -0.3 is 15.3 Å². The van der Waals surface area contributed by atoms with Crippen molar-refractivity contribution < 1.29 is 19.5 Å². The van der Waals surface area contributed by atoms with Gasteiger partial charge in [0.1, 0.15) is 6.04 Å². The third kappa shape index (κ3) is 8.36. The van der Waals surface area contributed by atoms with Crippen LogP contribution in [0.25, 0.3) is 0 Å². The zero-order valence-corrected chi connectivity index (χ0v) is 16.7. The molecule has 146 valence electrons. The van der Waals surface area contributed by atoms with Crippen molar-refractivity contribution in [3.05, 3.63) is 0 Å². The molecule has 25 heavy (non-hydrogen) atoms. The number of aliphatic carboxylic acids is 1. The third-order valence-electron chi connectivity index (χ3n) is 4.40. The number of nitrogens with zero attached hydrogens (tertiary/aromatic N) is 1. The van der Waals surface area contributed by atoms with Gasteiger partial charge in [0.15, 0.2) is 0 Å². The van der Waals surface area contributed by atoms with Crippen LogP contribution >= 0.6 is 0 Å². The molecule has 2 N–H and O–H groups in total. The van der Waals surface area contributed by atoms with Crippen LogP contribution in [0.1, 0.15) is 80.1 Å². The first-order chi connectivity index (χ1) is 11.6. The summed E-state index contributed by atoms with van der Waals surface area (Å²) < 4.78 is 0. The van der Waals surface area contributed by atoms with Gasteiger partial charge in [-0.2, -0.15) is 0 Å². The van der Waals surface area contributed by atoms with Gasteiger partial charge in [-0.05, 0) is 47.0 Å².